The minimum atomic E-state index is -0.484. The van der Waals surface area contributed by atoms with Gasteiger partial charge in [-0.3, -0.25) is 20.4 Å². The van der Waals surface area contributed by atoms with Crippen LogP contribution in [0.1, 0.15) is 20.7 Å². The Bertz CT molecular complexity index is 667. The molecule has 2 aromatic rings. The second kappa shape index (κ2) is 7.07. The first-order chi connectivity index (χ1) is 10.7. The van der Waals surface area contributed by atoms with E-state index >= 15 is 0 Å². The molecule has 0 bridgehead atoms. The van der Waals surface area contributed by atoms with Crippen molar-refractivity contribution in [1.29, 1.82) is 0 Å². The molecule has 112 valence electrons. The summed E-state index contributed by atoms with van der Waals surface area (Å²) in [6, 6.07) is 13.1. The normalized spacial score (nSPS) is 10.5. The monoisotopic (exact) mass is 298 g/mol. The molecule has 8 heteroatoms. The molecule has 0 spiro atoms. The third kappa shape index (κ3) is 3.32. The van der Waals surface area contributed by atoms with Crippen LogP contribution in [-0.4, -0.2) is 11.8 Å². The molecule has 0 saturated heterocycles. The van der Waals surface area contributed by atoms with Crippen molar-refractivity contribution in [3.05, 3.63) is 59.7 Å². The zero-order valence-electron chi connectivity index (χ0n) is 11.5. The molecule has 0 fully saturated rings. The maximum Gasteiger partial charge on any atom is 0.267 e. The average molecular weight is 298 g/mol. The Morgan fingerprint density at radius 3 is 1.45 bits per heavy atom. The number of rotatable bonds is 4. The minimum Gasteiger partial charge on any atom is -0.290 e. The van der Waals surface area contributed by atoms with Crippen molar-refractivity contribution in [2.45, 2.75) is 0 Å². The number of carbonyl (C=O) groups excluding carboxylic acids is 2. The van der Waals surface area contributed by atoms with Gasteiger partial charge in [0.05, 0.1) is 22.5 Å². The molecule has 0 heterocycles. The van der Waals surface area contributed by atoms with Crippen LogP contribution in [0.4, 0.5) is 11.4 Å². The predicted octanol–water partition coefficient (Wildman–Crippen LogP) is 1.31. The quantitative estimate of drug-likeness (QED) is 0.293. The van der Waals surface area contributed by atoms with Gasteiger partial charge in [0.15, 0.2) is 0 Å². The topological polar surface area (TPSA) is 135 Å². The molecule has 0 radical (unpaired) electrons. The van der Waals surface area contributed by atoms with Crippen LogP contribution in [0, 0.1) is 0 Å². The Balaban J connectivity index is 2.38. The second-order valence-corrected chi connectivity index (χ2v) is 4.18. The molecular weight excluding hydrogens is 284 g/mol. The first-order valence-corrected chi connectivity index (χ1v) is 6.29. The van der Waals surface area contributed by atoms with Gasteiger partial charge in [-0.1, -0.05) is 24.3 Å². The summed E-state index contributed by atoms with van der Waals surface area (Å²) < 4.78 is 0. The molecule has 0 saturated carbocycles. The lowest BCUT2D eigenvalue weighted by Gasteiger charge is -2.04. The molecule has 0 unspecified atom stereocenters. The van der Waals surface area contributed by atoms with Gasteiger partial charge in [-0.15, -0.1) is 10.2 Å². The van der Waals surface area contributed by atoms with Crippen molar-refractivity contribution >= 4 is 23.2 Å². The molecule has 2 aromatic carbocycles. The van der Waals surface area contributed by atoms with E-state index < -0.39 is 11.8 Å². The van der Waals surface area contributed by atoms with E-state index in [1.54, 1.807) is 48.5 Å². The third-order valence-corrected chi connectivity index (χ3v) is 2.83. The van der Waals surface area contributed by atoms with Crippen molar-refractivity contribution in [2.75, 3.05) is 0 Å². The molecule has 6 N–H and O–H groups in total. The fraction of sp³-hybridized carbons (Fsp3) is 0. The number of hydrogen-bond acceptors (Lipinski definition) is 6. The van der Waals surface area contributed by atoms with Gasteiger partial charge in [-0.2, -0.15) is 0 Å². The van der Waals surface area contributed by atoms with Gasteiger partial charge < -0.3 is 0 Å². The van der Waals surface area contributed by atoms with Crippen LogP contribution in [0.2, 0.25) is 0 Å². The highest BCUT2D eigenvalue weighted by molar-refractivity contribution is 5.99. The molecular formula is C14H14N6O2. The van der Waals surface area contributed by atoms with E-state index in [2.05, 4.69) is 10.2 Å². The summed E-state index contributed by atoms with van der Waals surface area (Å²) in [6.07, 6.45) is 0. The number of carbonyl (C=O) groups is 2. The number of nitrogen functional groups attached to an aromatic ring is 2. The zero-order chi connectivity index (χ0) is 15.9. The third-order valence-electron chi connectivity index (χ3n) is 2.83. The Morgan fingerprint density at radius 2 is 1.09 bits per heavy atom. The fourth-order valence-corrected chi connectivity index (χ4v) is 1.77. The summed E-state index contributed by atoms with van der Waals surface area (Å²) in [7, 11) is 0. The smallest absolute Gasteiger partial charge is 0.267 e. The highest BCUT2D eigenvalue weighted by Crippen LogP contribution is 2.24. The highest BCUT2D eigenvalue weighted by Gasteiger charge is 2.11. The van der Waals surface area contributed by atoms with Gasteiger partial charge >= 0.3 is 0 Å². The Morgan fingerprint density at radius 1 is 0.727 bits per heavy atom. The summed E-state index contributed by atoms with van der Waals surface area (Å²) in [6.45, 7) is 0. The second-order valence-electron chi connectivity index (χ2n) is 4.18. The number of nitrogens with two attached hydrogens (primary N) is 2. The molecule has 0 atom stereocenters. The van der Waals surface area contributed by atoms with Gasteiger partial charge in [-0.05, 0) is 24.3 Å². The first kappa shape index (κ1) is 15.3. The van der Waals surface area contributed by atoms with E-state index in [9.17, 15) is 9.59 Å². The number of nitrogens with zero attached hydrogens (tertiary/aromatic N) is 2. The van der Waals surface area contributed by atoms with Crippen LogP contribution in [-0.2, 0) is 0 Å². The van der Waals surface area contributed by atoms with Gasteiger partial charge in [0, 0.05) is 0 Å². The first-order valence-electron chi connectivity index (χ1n) is 6.29. The van der Waals surface area contributed by atoms with Gasteiger partial charge in [-0.25, -0.2) is 11.7 Å². The van der Waals surface area contributed by atoms with E-state index in [0.717, 1.165) is 0 Å². The standard InChI is InChI=1S/C14H14N6O2/c15-17-13(21)9-5-1-3-7-11(9)19-20-12-8-4-2-6-10(12)14(22)18-16/h1-8H,15-16H2,(H,17,21)(H,18,22). The molecule has 0 aliphatic heterocycles. The average Bonchev–Trinajstić information content (AvgIpc) is 2.59. The SMILES string of the molecule is NNC(=O)c1ccccc1N=Nc1ccccc1C(=O)NN. The van der Waals surface area contributed by atoms with Crippen molar-refractivity contribution in [3.63, 3.8) is 0 Å². The predicted molar refractivity (Wildman–Crippen MR) is 80.4 cm³/mol. The van der Waals surface area contributed by atoms with E-state index in [1.165, 1.54) is 0 Å². The molecule has 2 rings (SSSR count). The van der Waals surface area contributed by atoms with Crippen LogP contribution < -0.4 is 22.5 Å². The maximum atomic E-state index is 11.6. The number of hydrazine groups is 2. The van der Waals surface area contributed by atoms with Crippen molar-refractivity contribution in [1.82, 2.24) is 10.9 Å². The largest absolute Gasteiger partial charge is 0.290 e. The van der Waals surface area contributed by atoms with Gasteiger partial charge in [0.2, 0.25) is 0 Å². The molecule has 22 heavy (non-hydrogen) atoms. The van der Waals surface area contributed by atoms with E-state index in [4.69, 9.17) is 11.7 Å². The van der Waals surface area contributed by atoms with Crippen LogP contribution in [0.5, 0.6) is 0 Å². The van der Waals surface area contributed by atoms with E-state index in [0.29, 0.717) is 11.4 Å². The van der Waals surface area contributed by atoms with Gasteiger partial charge in [0.1, 0.15) is 0 Å². The lowest BCUT2D eigenvalue weighted by Crippen LogP contribution is -2.30. The van der Waals surface area contributed by atoms with Crippen LogP contribution in [0.3, 0.4) is 0 Å². The van der Waals surface area contributed by atoms with E-state index in [1.807, 2.05) is 10.9 Å². The summed E-state index contributed by atoms with van der Waals surface area (Å²) in [5.74, 6) is 9.28. The molecule has 0 aromatic heterocycles. The summed E-state index contributed by atoms with van der Waals surface area (Å²) in [5.41, 5.74) is 5.27. The number of nitrogens with one attached hydrogen (secondary N) is 2. The Hall–Kier alpha value is -3.10. The van der Waals surface area contributed by atoms with Crippen molar-refractivity contribution in [2.24, 2.45) is 21.9 Å². The van der Waals surface area contributed by atoms with Crippen LogP contribution >= 0.6 is 0 Å². The van der Waals surface area contributed by atoms with Crippen LogP contribution in [0.25, 0.3) is 0 Å². The summed E-state index contributed by atoms with van der Waals surface area (Å²) in [4.78, 5) is 23.3. The number of hydrogen-bond donors (Lipinski definition) is 4. The Kier molecular flexibility index (Phi) is 4.91. The summed E-state index contributed by atoms with van der Waals surface area (Å²) >= 11 is 0. The lowest BCUT2D eigenvalue weighted by molar-refractivity contribution is 0.0946. The van der Waals surface area contributed by atoms with Crippen LogP contribution in [0.15, 0.2) is 58.8 Å². The number of amides is 2. The fourth-order valence-electron chi connectivity index (χ4n) is 1.77. The van der Waals surface area contributed by atoms with Gasteiger partial charge in [0.25, 0.3) is 11.8 Å². The van der Waals surface area contributed by atoms with Crippen molar-refractivity contribution in [3.8, 4) is 0 Å². The molecule has 0 aliphatic carbocycles. The maximum absolute atomic E-state index is 11.6. The number of benzene rings is 2. The highest BCUT2D eigenvalue weighted by atomic mass is 16.2. The molecule has 8 nitrogen and oxygen atoms in total. The van der Waals surface area contributed by atoms with Crippen molar-refractivity contribution < 1.29 is 9.59 Å². The Labute approximate surface area is 126 Å². The van der Waals surface area contributed by atoms with E-state index in [-0.39, 0.29) is 11.1 Å². The molecule has 0 aliphatic rings. The lowest BCUT2D eigenvalue weighted by atomic mass is 10.1. The molecule has 2 amide bonds. The zero-order valence-corrected chi connectivity index (χ0v) is 11.5. The number of azo groups is 1. The summed E-state index contributed by atoms with van der Waals surface area (Å²) in [5, 5.41) is 8.02. The minimum absolute atomic E-state index is 0.273.